The van der Waals surface area contributed by atoms with Crippen LogP contribution in [0.4, 0.5) is 0 Å². The molecule has 1 saturated heterocycles. The predicted octanol–water partition coefficient (Wildman–Crippen LogP) is 1.62. The van der Waals surface area contributed by atoms with Gasteiger partial charge in [0, 0.05) is 18.4 Å². The molecule has 0 bridgehead atoms. The Bertz CT molecular complexity index is 173. The molecule has 0 radical (unpaired) electrons. The number of nitrogens with one attached hydrogen (secondary N) is 2. The molecule has 2 fully saturated rings. The normalized spacial score (nSPS) is 46.9. The number of amidine groups is 1. The van der Waals surface area contributed by atoms with Crippen LogP contribution in [0.2, 0.25) is 0 Å². The Labute approximate surface area is 77.6 Å². The van der Waals surface area contributed by atoms with Crippen molar-refractivity contribution >= 4 is 29.8 Å². The molecule has 1 heterocycles. The fraction of sp³-hybridized carbons (Fsp3) is 0.857. The molecule has 64 valence electrons. The summed E-state index contributed by atoms with van der Waals surface area (Å²) in [6, 6.07) is 0.415. The Hall–Kier alpha value is 0.0500. The second-order valence-corrected chi connectivity index (χ2v) is 3.86. The molecule has 4 atom stereocenters. The van der Waals surface area contributed by atoms with Crippen LogP contribution >= 0.6 is 24.0 Å². The monoisotopic (exact) mass is 194 g/mol. The Morgan fingerprint density at radius 3 is 2.82 bits per heavy atom. The van der Waals surface area contributed by atoms with Crippen LogP contribution in [0, 0.1) is 17.2 Å². The van der Waals surface area contributed by atoms with Crippen molar-refractivity contribution < 1.29 is 0 Å². The highest BCUT2D eigenvalue weighted by Crippen LogP contribution is 2.46. The highest BCUT2D eigenvalue weighted by molar-refractivity contribution is 6.24. The van der Waals surface area contributed by atoms with Crippen molar-refractivity contribution in [3.63, 3.8) is 0 Å². The minimum Gasteiger partial charge on any atom is -0.369 e. The summed E-state index contributed by atoms with van der Waals surface area (Å²) < 4.78 is 0. The first-order valence-electron chi connectivity index (χ1n) is 3.68. The molecular weight excluding hydrogens is 183 g/mol. The number of alkyl halides is 1. The molecule has 11 heavy (non-hydrogen) atoms. The fourth-order valence-corrected chi connectivity index (χ4v) is 2.41. The maximum absolute atomic E-state index is 7.40. The van der Waals surface area contributed by atoms with Crippen molar-refractivity contribution in [2.75, 3.05) is 0 Å². The summed E-state index contributed by atoms with van der Waals surface area (Å²) in [5, 5.41) is 10.8. The molecule has 0 amide bonds. The van der Waals surface area contributed by atoms with Crippen LogP contribution in [0.15, 0.2) is 0 Å². The molecule has 0 spiro atoms. The first-order valence-corrected chi connectivity index (χ1v) is 4.12. The van der Waals surface area contributed by atoms with Crippen LogP contribution < -0.4 is 5.32 Å². The van der Waals surface area contributed by atoms with Crippen molar-refractivity contribution in [2.24, 2.45) is 11.8 Å². The third-order valence-electron chi connectivity index (χ3n) is 2.51. The van der Waals surface area contributed by atoms with E-state index < -0.39 is 0 Å². The number of rotatable bonds is 0. The van der Waals surface area contributed by atoms with Crippen molar-refractivity contribution in [3.8, 4) is 0 Å². The number of piperidine rings is 1. The van der Waals surface area contributed by atoms with E-state index in [1.165, 1.54) is 0 Å². The van der Waals surface area contributed by atoms with Gasteiger partial charge in [0.2, 0.25) is 0 Å². The minimum atomic E-state index is 0. The summed E-state index contributed by atoms with van der Waals surface area (Å²) in [5.74, 6) is 1.91. The van der Waals surface area contributed by atoms with Gasteiger partial charge in [-0.15, -0.1) is 24.0 Å². The second kappa shape index (κ2) is 2.83. The second-order valence-electron chi connectivity index (χ2n) is 3.35. The summed E-state index contributed by atoms with van der Waals surface area (Å²) in [6.07, 6.45) is 0.879. The van der Waals surface area contributed by atoms with Crippen molar-refractivity contribution in [3.05, 3.63) is 0 Å². The number of halogens is 2. The van der Waals surface area contributed by atoms with E-state index in [0.717, 1.165) is 6.42 Å². The standard InChI is InChI=1S/C7H11ClN2.ClH/c1-3-2-4(9)10-7-5(3)6(7)8;/h3,5-7H,2H2,1H3,(H2,9,10);1H/t3?,5-,6?,7+;/m1./s1. The molecule has 0 aromatic carbocycles. The van der Waals surface area contributed by atoms with Gasteiger partial charge in [0.1, 0.15) is 0 Å². The fourth-order valence-electron chi connectivity index (χ4n) is 1.86. The molecule has 1 aliphatic carbocycles. The van der Waals surface area contributed by atoms with E-state index in [9.17, 15) is 0 Å². The number of fused-ring (bicyclic) bond motifs is 1. The number of hydrogen-bond acceptors (Lipinski definition) is 1. The van der Waals surface area contributed by atoms with Crippen LogP contribution in [0.3, 0.4) is 0 Å². The SMILES string of the molecule is CC1CC(=N)N[C@@H]2C(Cl)[C@@H]12.Cl. The Kier molecular flexibility index (Phi) is 2.35. The summed E-state index contributed by atoms with van der Waals surface area (Å²) in [6.45, 7) is 2.18. The third kappa shape index (κ3) is 1.34. The van der Waals surface area contributed by atoms with Gasteiger partial charge in [-0.3, -0.25) is 5.41 Å². The molecule has 2 aliphatic rings. The molecule has 2 nitrogen and oxygen atoms in total. The molecule has 1 saturated carbocycles. The van der Waals surface area contributed by atoms with Gasteiger partial charge in [-0.2, -0.15) is 0 Å². The molecule has 2 rings (SSSR count). The van der Waals surface area contributed by atoms with Crippen LogP contribution in [0.25, 0.3) is 0 Å². The summed E-state index contributed by atoms with van der Waals surface area (Å²) in [5.41, 5.74) is 0. The zero-order valence-corrected chi connectivity index (χ0v) is 7.88. The maximum atomic E-state index is 7.40. The lowest BCUT2D eigenvalue weighted by Crippen LogP contribution is -2.33. The van der Waals surface area contributed by atoms with Crippen molar-refractivity contribution in [2.45, 2.75) is 24.8 Å². The van der Waals surface area contributed by atoms with E-state index in [0.29, 0.717) is 23.7 Å². The van der Waals surface area contributed by atoms with E-state index in [-0.39, 0.29) is 17.8 Å². The van der Waals surface area contributed by atoms with Gasteiger partial charge < -0.3 is 5.32 Å². The molecule has 0 aromatic rings. The molecular formula is C7H12Cl2N2. The average molecular weight is 195 g/mol. The van der Waals surface area contributed by atoms with Crippen molar-refractivity contribution in [1.29, 1.82) is 5.41 Å². The van der Waals surface area contributed by atoms with Gasteiger partial charge in [-0.1, -0.05) is 6.92 Å². The van der Waals surface area contributed by atoms with Crippen LogP contribution in [-0.2, 0) is 0 Å². The summed E-state index contributed by atoms with van der Waals surface area (Å²) in [7, 11) is 0. The lowest BCUT2D eigenvalue weighted by Gasteiger charge is -2.18. The van der Waals surface area contributed by atoms with E-state index in [1.54, 1.807) is 0 Å². The van der Waals surface area contributed by atoms with E-state index in [1.807, 2.05) is 0 Å². The van der Waals surface area contributed by atoms with Gasteiger partial charge in [0.25, 0.3) is 0 Å². The van der Waals surface area contributed by atoms with Crippen LogP contribution in [0.1, 0.15) is 13.3 Å². The largest absolute Gasteiger partial charge is 0.369 e. The topological polar surface area (TPSA) is 35.9 Å². The zero-order valence-electron chi connectivity index (χ0n) is 6.30. The Morgan fingerprint density at radius 1 is 1.64 bits per heavy atom. The van der Waals surface area contributed by atoms with Crippen LogP contribution in [0.5, 0.6) is 0 Å². The van der Waals surface area contributed by atoms with Gasteiger partial charge >= 0.3 is 0 Å². The van der Waals surface area contributed by atoms with E-state index in [2.05, 4.69) is 12.2 Å². The first-order chi connectivity index (χ1) is 4.70. The summed E-state index contributed by atoms with van der Waals surface area (Å²) >= 11 is 5.96. The van der Waals surface area contributed by atoms with Crippen LogP contribution in [-0.4, -0.2) is 17.3 Å². The molecule has 2 N–H and O–H groups in total. The number of hydrogen-bond donors (Lipinski definition) is 2. The first kappa shape index (κ1) is 9.14. The quantitative estimate of drug-likeness (QED) is 0.566. The lowest BCUT2D eigenvalue weighted by atomic mass is 9.98. The van der Waals surface area contributed by atoms with Crippen molar-refractivity contribution in [1.82, 2.24) is 5.32 Å². The van der Waals surface area contributed by atoms with Gasteiger partial charge in [-0.25, -0.2) is 0 Å². The third-order valence-corrected chi connectivity index (χ3v) is 3.07. The maximum Gasteiger partial charge on any atom is 0.0937 e. The molecule has 0 aromatic heterocycles. The molecule has 4 heteroatoms. The predicted molar refractivity (Wildman–Crippen MR) is 48.8 cm³/mol. The smallest absolute Gasteiger partial charge is 0.0937 e. The molecule has 1 aliphatic heterocycles. The molecule has 2 unspecified atom stereocenters. The summed E-state index contributed by atoms with van der Waals surface area (Å²) in [4.78, 5) is 0. The average Bonchev–Trinajstić information content (AvgIpc) is 2.42. The van der Waals surface area contributed by atoms with E-state index in [4.69, 9.17) is 17.0 Å². The highest BCUT2D eigenvalue weighted by Gasteiger charge is 2.54. The lowest BCUT2D eigenvalue weighted by molar-refractivity contribution is 0.473. The minimum absolute atomic E-state index is 0. The zero-order chi connectivity index (χ0) is 7.30. The van der Waals surface area contributed by atoms with E-state index >= 15 is 0 Å². The van der Waals surface area contributed by atoms with Gasteiger partial charge in [-0.05, 0) is 5.92 Å². The Morgan fingerprint density at radius 2 is 2.27 bits per heavy atom. The van der Waals surface area contributed by atoms with Gasteiger partial charge in [0.15, 0.2) is 0 Å². The Balaban J connectivity index is 0.000000605. The highest BCUT2D eigenvalue weighted by atomic mass is 35.5. The van der Waals surface area contributed by atoms with Gasteiger partial charge in [0.05, 0.1) is 11.2 Å².